The van der Waals surface area contributed by atoms with Gasteiger partial charge in [0.2, 0.25) is 17.7 Å². The topological polar surface area (TPSA) is 105 Å². The van der Waals surface area contributed by atoms with Gasteiger partial charge in [0, 0.05) is 33.4 Å². The van der Waals surface area contributed by atoms with E-state index in [0.717, 1.165) is 5.56 Å². The quantitative estimate of drug-likeness (QED) is 0.667. The summed E-state index contributed by atoms with van der Waals surface area (Å²) >= 11 is 0. The van der Waals surface area contributed by atoms with Crippen molar-refractivity contribution in [1.29, 1.82) is 0 Å². The second-order valence-electron chi connectivity index (χ2n) is 6.83. The Hall–Kier alpha value is -3.10. The van der Waals surface area contributed by atoms with E-state index in [0.29, 0.717) is 12.3 Å². The van der Waals surface area contributed by atoms with Crippen LogP contribution in [0.2, 0.25) is 0 Å². The standard InChI is InChI=1S/C20H27N3O6/c1-13(24)22-9-10-23(14(2)25)18(12-22)19(26)21-17(20(27)29-4)11-15-5-7-16(28-3)8-6-15/h5-8,17-18H,9-12H2,1-4H3,(H,21,26). The number of amides is 3. The Morgan fingerprint density at radius 2 is 1.72 bits per heavy atom. The van der Waals surface area contributed by atoms with Crippen molar-refractivity contribution < 1.29 is 28.7 Å². The van der Waals surface area contributed by atoms with E-state index in [2.05, 4.69) is 5.32 Å². The molecule has 1 aliphatic heterocycles. The highest BCUT2D eigenvalue weighted by Gasteiger charge is 2.36. The fraction of sp³-hybridized carbons (Fsp3) is 0.500. The van der Waals surface area contributed by atoms with Crippen LogP contribution >= 0.6 is 0 Å². The van der Waals surface area contributed by atoms with Gasteiger partial charge in [0.25, 0.3) is 0 Å². The number of carbonyl (C=O) groups is 4. The van der Waals surface area contributed by atoms with Crippen LogP contribution in [-0.4, -0.2) is 79.4 Å². The number of rotatable bonds is 6. The second-order valence-corrected chi connectivity index (χ2v) is 6.83. The van der Waals surface area contributed by atoms with Crippen molar-refractivity contribution >= 4 is 23.7 Å². The summed E-state index contributed by atoms with van der Waals surface area (Å²) in [4.78, 5) is 51.8. The third-order valence-electron chi connectivity index (χ3n) is 4.93. The highest BCUT2D eigenvalue weighted by atomic mass is 16.5. The zero-order valence-electron chi connectivity index (χ0n) is 17.1. The van der Waals surface area contributed by atoms with E-state index < -0.39 is 24.0 Å². The molecule has 158 valence electrons. The predicted octanol–water partition coefficient (Wildman–Crippen LogP) is -0.0253. The summed E-state index contributed by atoms with van der Waals surface area (Å²) in [5.74, 6) is -0.860. The van der Waals surface area contributed by atoms with E-state index in [-0.39, 0.29) is 31.3 Å². The number of piperazine rings is 1. The molecule has 0 aliphatic carbocycles. The molecule has 1 aromatic rings. The molecule has 0 saturated carbocycles. The van der Waals surface area contributed by atoms with Gasteiger partial charge in [-0.2, -0.15) is 0 Å². The van der Waals surface area contributed by atoms with Gasteiger partial charge in [0.15, 0.2) is 0 Å². The van der Waals surface area contributed by atoms with Crippen LogP contribution in [-0.2, 0) is 30.3 Å². The number of nitrogens with one attached hydrogen (secondary N) is 1. The van der Waals surface area contributed by atoms with E-state index in [1.165, 1.54) is 30.8 Å². The number of methoxy groups -OCH3 is 2. The lowest BCUT2D eigenvalue weighted by molar-refractivity contribution is -0.150. The minimum Gasteiger partial charge on any atom is -0.497 e. The van der Waals surface area contributed by atoms with E-state index in [9.17, 15) is 19.2 Å². The summed E-state index contributed by atoms with van der Waals surface area (Å²) in [5.41, 5.74) is 0.805. The molecular weight excluding hydrogens is 378 g/mol. The maximum atomic E-state index is 12.9. The molecule has 2 rings (SSSR count). The Labute approximate surface area is 169 Å². The summed E-state index contributed by atoms with van der Waals surface area (Å²) in [7, 11) is 2.80. The van der Waals surface area contributed by atoms with Crippen molar-refractivity contribution in [3.8, 4) is 5.75 Å². The molecule has 1 heterocycles. The monoisotopic (exact) mass is 405 g/mol. The molecule has 1 saturated heterocycles. The Kier molecular flexibility index (Phi) is 7.58. The number of nitrogens with zero attached hydrogens (tertiary/aromatic N) is 2. The fourth-order valence-electron chi connectivity index (χ4n) is 3.27. The molecule has 1 aromatic carbocycles. The van der Waals surface area contributed by atoms with Gasteiger partial charge in [-0.1, -0.05) is 12.1 Å². The Bertz CT molecular complexity index is 764. The molecule has 1 aliphatic rings. The second kappa shape index (κ2) is 9.90. The molecule has 0 aromatic heterocycles. The highest BCUT2D eigenvalue weighted by Crippen LogP contribution is 2.15. The molecule has 1 fully saturated rings. The lowest BCUT2D eigenvalue weighted by Crippen LogP contribution is -2.62. The first-order chi connectivity index (χ1) is 13.8. The molecule has 2 unspecified atom stereocenters. The fourth-order valence-corrected chi connectivity index (χ4v) is 3.27. The maximum absolute atomic E-state index is 12.9. The molecule has 0 radical (unpaired) electrons. The summed E-state index contributed by atoms with van der Waals surface area (Å²) < 4.78 is 9.95. The first-order valence-corrected chi connectivity index (χ1v) is 9.30. The van der Waals surface area contributed by atoms with Gasteiger partial charge in [-0.05, 0) is 17.7 Å². The Morgan fingerprint density at radius 1 is 1.07 bits per heavy atom. The number of benzene rings is 1. The molecule has 0 spiro atoms. The minimum absolute atomic E-state index is 0.0805. The van der Waals surface area contributed by atoms with Crippen LogP contribution < -0.4 is 10.1 Å². The number of hydrogen-bond donors (Lipinski definition) is 1. The van der Waals surface area contributed by atoms with E-state index in [1.807, 2.05) is 0 Å². The van der Waals surface area contributed by atoms with Gasteiger partial charge >= 0.3 is 5.97 Å². The summed E-state index contributed by atoms with van der Waals surface area (Å²) in [6.07, 6.45) is 0.214. The van der Waals surface area contributed by atoms with E-state index in [1.54, 1.807) is 31.4 Å². The number of esters is 1. The average molecular weight is 405 g/mol. The van der Waals surface area contributed by atoms with Crippen LogP contribution in [0, 0.1) is 0 Å². The molecular formula is C20H27N3O6. The minimum atomic E-state index is -0.928. The van der Waals surface area contributed by atoms with Crippen molar-refractivity contribution in [3.05, 3.63) is 29.8 Å². The summed E-state index contributed by atoms with van der Waals surface area (Å²) in [6.45, 7) is 3.49. The number of hydrogen-bond acceptors (Lipinski definition) is 6. The van der Waals surface area contributed by atoms with Crippen molar-refractivity contribution in [2.75, 3.05) is 33.9 Å². The zero-order chi connectivity index (χ0) is 21.6. The smallest absolute Gasteiger partial charge is 0.328 e. The van der Waals surface area contributed by atoms with E-state index in [4.69, 9.17) is 9.47 Å². The van der Waals surface area contributed by atoms with Crippen LogP contribution in [0.3, 0.4) is 0 Å². The SMILES string of the molecule is COC(=O)C(Cc1ccc(OC)cc1)NC(=O)C1CN(C(C)=O)CCN1C(C)=O. The van der Waals surface area contributed by atoms with E-state index >= 15 is 0 Å². The van der Waals surface area contributed by atoms with Gasteiger partial charge in [-0.15, -0.1) is 0 Å². The molecule has 9 heteroatoms. The molecule has 3 amide bonds. The largest absolute Gasteiger partial charge is 0.497 e. The van der Waals surface area contributed by atoms with Crippen LogP contribution in [0.15, 0.2) is 24.3 Å². The van der Waals surface area contributed by atoms with Crippen LogP contribution in [0.25, 0.3) is 0 Å². The first kappa shape index (κ1) is 22.2. The lowest BCUT2D eigenvalue weighted by atomic mass is 10.0. The third-order valence-corrected chi connectivity index (χ3v) is 4.93. The third kappa shape index (κ3) is 5.69. The van der Waals surface area contributed by atoms with Gasteiger partial charge in [-0.3, -0.25) is 14.4 Å². The van der Waals surface area contributed by atoms with Crippen molar-refractivity contribution in [3.63, 3.8) is 0 Å². The van der Waals surface area contributed by atoms with Gasteiger partial charge < -0.3 is 24.6 Å². The van der Waals surface area contributed by atoms with Gasteiger partial charge in [-0.25, -0.2) is 4.79 Å². The van der Waals surface area contributed by atoms with Crippen LogP contribution in [0.5, 0.6) is 5.75 Å². The molecule has 2 atom stereocenters. The Balaban J connectivity index is 2.16. The van der Waals surface area contributed by atoms with Gasteiger partial charge in [0.05, 0.1) is 20.8 Å². The highest BCUT2D eigenvalue weighted by molar-refractivity contribution is 5.91. The molecule has 29 heavy (non-hydrogen) atoms. The predicted molar refractivity (Wildman–Crippen MR) is 104 cm³/mol. The van der Waals surface area contributed by atoms with Crippen LogP contribution in [0.4, 0.5) is 0 Å². The number of carbonyl (C=O) groups excluding carboxylic acids is 4. The normalized spacial score (nSPS) is 17.3. The lowest BCUT2D eigenvalue weighted by Gasteiger charge is -2.40. The molecule has 0 bridgehead atoms. The Morgan fingerprint density at radius 3 is 2.24 bits per heavy atom. The molecule has 9 nitrogen and oxygen atoms in total. The zero-order valence-corrected chi connectivity index (χ0v) is 17.1. The average Bonchev–Trinajstić information content (AvgIpc) is 2.72. The van der Waals surface area contributed by atoms with Crippen molar-refractivity contribution in [2.24, 2.45) is 0 Å². The first-order valence-electron chi connectivity index (χ1n) is 9.30. The summed E-state index contributed by atoms with van der Waals surface area (Å²) in [6, 6.07) is 5.31. The van der Waals surface area contributed by atoms with Crippen molar-refractivity contribution in [1.82, 2.24) is 15.1 Å². The van der Waals surface area contributed by atoms with Crippen LogP contribution in [0.1, 0.15) is 19.4 Å². The number of ether oxygens (including phenoxy) is 2. The summed E-state index contributed by atoms with van der Waals surface area (Å²) in [5, 5.41) is 2.68. The van der Waals surface area contributed by atoms with Gasteiger partial charge in [0.1, 0.15) is 17.8 Å². The van der Waals surface area contributed by atoms with Crippen molar-refractivity contribution in [2.45, 2.75) is 32.4 Å². The molecule has 1 N–H and O–H groups in total. The maximum Gasteiger partial charge on any atom is 0.328 e.